The summed E-state index contributed by atoms with van der Waals surface area (Å²) in [6, 6.07) is 5.01. The van der Waals surface area contributed by atoms with E-state index in [1.54, 1.807) is 0 Å². The SMILES string of the molecule is NC(=O)NC(=O)CCN1CCCc2cc(N)ccc21. The molecule has 6 heteroatoms. The van der Waals surface area contributed by atoms with E-state index < -0.39 is 6.03 Å². The molecule has 0 saturated heterocycles. The molecule has 1 aliphatic rings. The predicted octanol–water partition coefficient (Wildman–Crippen LogP) is 0.606. The number of nitrogens with two attached hydrogens (primary N) is 2. The fourth-order valence-corrected chi connectivity index (χ4v) is 2.36. The highest BCUT2D eigenvalue weighted by Gasteiger charge is 2.17. The zero-order valence-electron chi connectivity index (χ0n) is 10.7. The van der Waals surface area contributed by atoms with Gasteiger partial charge < -0.3 is 16.4 Å². The van der Waals surface area contributed by atoms with Crippen LogP contribution < -0.4 is 21.7 Å². The molecule has 0 bridgehead atoms. The molecule has 19 heavy (non-hydrogen) atoms. The van der Waals surface area contributed by atoms with Crippen molar-refractivity contribution in [3.05, 3.63) is 23.8 Å². The van der Waals surface area contributed by atoms with Crippen LogP contribution in [0.25, 0.3) is 0 Å². The molecule has 1 aromatic rings. The maximum Gasteiger partial charge on any atom is 0.318 e. The zero-order chi connectivity index (χ0) is 13.8. The average Bonchev–Trinajstić information content (AvgIpc) is 2.35. The van der Waals surface area contributed by atoms with Crippen LogP contribution in [0.15, 0.2) is 18.2 Å². The Morgan fingerprint density at radius 3 is 2.89 bits per heavy atom. The smallest absolute Gasteiger partial charge is 0.318 e. The summed E-state index contributed by atoms with van der Waals surface area (Å²) in [7, 11) is 0. The number of carbonyl (C=O) groups is 2. The van der Waals surface area contributed by atoms with Crippen molar-refractivity contribution in [2.45, 2.75) is 19.3 Å². The van der Waals surface area contributed by atoms with Gasteiger partial charge in [-0.1, -0.05) is 0 Å². The van der Waals surface area contributed by atoms with E-state index in [1.807, 2.05) is 18.2 Å². The lowest BCUT2D eigenvalue weighted by Gasteiger charge is -2.31. The van der Waals surface area contributed by atoms with Crippen LogP contribution in [0, 0.1) is 0 Å². The van der Waals surface area contributed by atoms with Crippen LogP contribution in [0.1, 0.15) is 18.4 Å². The molecule has 0 atom stereocenters. The summed E-state index contributed by atoms with van der Waals surface area (Å²) in [4.78, 5) is 24.1. The Bertz CT molecular complexity index is 501. The molecule has 0 saturated carbocycles. The first-order valence-electron chi connectivity index (χ1n) is 6.29. The number of imide groups is 1. The first-order valence-corrected chi connectivity index (χ1v) is 6.29. The van der Waals surface area contributed by atoms with Crippen LogP contribution in [0.2, 0.25) is 0 Å². The minimum absolute atomic E-state index is 0.243. The third kappa shape index (κ3) is 3.37. The molecule has 1 aromatic carbocycles. The first kappa shape index (κ1) is 13.2. The predicted molar refractivity (Wildman–Crippen MR) is 73.7 cm³/mol. The molecule has 3 amide bonds. The van der Waals surface area contributed by atoms with Gasteiger partial charge in [0.2, 0.25) is 5.91 Å². The monoisotopic (exact) mass is 262 g/mol. The number of rotatable bonds is 3. The van der Waals surface area contributed by atoms with E-state index in [9.17, 15) is 9.59 Å². The topological polar surface area (TPSA) is 101 Å². The van der Waals surface area contributed by atoms with E-state index in [4.69, 9.17) is 11.5 Å². The molecule has 1 heterocycles. The van der Waals surface area contributed by atoms with Crippen molar-refractivity contribution in [3.8, 4) is 0 Å². The van der Waals surface area contributed by atoms with Crippen LogP contribution in [-0.2, 0) is 11.2 Å². The average molecular weight is 262 g/mol. The first-order chi connectivity index (χ1) is 9.06. The number of benzene rings is 1. The molecule has 0 fully saturated rings. The molecule has 1 aliphatic heterocycles. The molecule has 102 valence electrons. The maximum absolute atomic E-state index is 11.4. The zero-order valence-corrected chi connectivity index (χ0v) is 10.7. The number of amides is 3. The quantitative estimate of drug-likeness (QED) is 0.694. The number of hydrogen-bond donors (Lipinski definition) is 3. The molecule has 0 aromatic heterocycles. The number of hydrogen-bond acceptors (Lipinski definition) is 4. The van der Waals surface area contributed by atoms with Gasteiger partial charge in [0.05, 0.1) is 0 Å². The van der Waals surface area contributed by atoms with Crippen molar-refractivity contribution < 1.29 is 9.59 Å². The number of fused-ring (bicyclic) bond motifs is 1. The van der Waals surface area contributed by atoms with Crippen molar-refractivity contribution in [1.82, 2.24) is 5.32 Å². The summed E-state index contributed by atoms with van der Waals surface area (Å²) in [6.45, 7) is 1.47. The summed E-state index contributed by atoms with van der Waals surface area (Å²) in [5.74, 6) is -0.352. The second-order valence-electron chi connectivity index (χ2n) is 4.64. The summed E-state index contributed by atoms with van der Waals surface area (Å²) in [5, 5.41) is 2.07. The van der Waals surface area contributed by atoms with Crippen molar-refractivity contribution >= 4 is 23.3 Å². The lowest BCUT2D eigenvalue weighted by atomic mass is 10.0. The van der Waals surface area contributed by atoms with E-state index in [0.717, 1.165) is 30.8 Å². The molecule has 6 nitrogen and oxygen atoms in total. The standard InChI is InChI=1S/C13H18N4O2/c14-10-3-4-11-9(8-10)2-1-6-17(11)7-5-12(18)16-13(15)19/h3-4,8H,1-2,5-7,14H2,(H3,15,16,18,19). The molecule has 0 radical (unpaired) electrons. The van der Waals surface area contributed by atoms with Gasteiger partial charge in [-0.05, 0) is 36.6 Å². The Kier molecular flexibility index (Phi) is 3.89. The second kappa shape index (κ2) is 5.60. The fraction of sp³-hybridized carbons (Fsp3) is 0.385. The van der Waals surface area contributed by atoms with Crippen LogP contribution in [0.5, 0.6) is 0 Å². The molecule has 0 aliphatic carbocycles. The van der Waals surface area contributed by atoms with Crippen molar-refractivity contribution in [2.75, 3.05) is 23.7 Å². The Labute approximate surface area is 111 Å². The van der Waals surface area contributed by atoms with E-state index in [1.165, 1.54) is 5.56 Å². The Morgan fingerprint density at radius 1 is 1.37 bits per heavy atom. The van der Waals surface area contributed by atoms with E-state index in [-0.39, 0.29) is 12.3 Å². The van der Waals surface area contributed by atoms with E-state index >= 15 is 0 Å². The van der Waals surface area contributed by atoms with Crippen molar-refractivity contribution in [3.63, 3.8) is 0 Å². The summed E-state index contributed by atoms with van der Waals surface area (Å²) in [5.41, 5.74) is 13.8. The van der Waals surface area contributed by atoms with Gasteiger partial charge in [0.1, 0.15) is 0 Å². The Balaban J connectivity index is 2.00. The van der Waals surface area contributed by atoms with Crippen molar-refractivity contribution in [1.29, 1.82) is 0 Å². The minimum atomic E-state index is -0.809. The molecule has 0 unspecified atom stereocenters. The second-order valence-corrected chi connectivity index (χ2v) is 4.64. The maximum atomic E-state index is 11.4. The van der Waals surface area contributed by atoms with E-state index in [0.29, 0.717) is 6.54 Å². The van der Waals surface area contributed by atoms with Gasteiger partial charge in [0, 0.05) is 30.9 Å². The van der Waals surface area contributed by atoms with Gasteiger partial charge in [0.25, 0.3) is 0 Å². The highest BCUT2D eigenvalue weighted by molar-refractivity contribution is 5.93. The van der Waals surface area contributed by atoms with Gasteiger partial charge in [-0.25, -0.2) is 4.79 Å². The number of urea groups is 1. The molecule has 0 spiro atoms. The lowest BCUT2D eigenvalue weighted by molar-refractivity contribution is -0.119. The molecular formula is C13H18N4O2. The largest absolute Gasteiger partial charge is 0.399 e. The molecular weight excluding hydrogens is 244 g/mol. The molecule has 5 N–H and O–H groups in total. The van der Waals surface area contributed by atoms with Gasteiger partial charge in [-0.2, -0.15) is 0 Å². The van der Waals surface area contributed by atoms with Gasteiger partial charge in [-0.3, -0.25) is 10.1 Å². The normalized spacial score (nSPS) is 13.8. The van der Waals surface area contributed by atoms with Gasteiger partial charge in [0.15, 0.2) is 0 Å². The summed E-state index contributed by atoms with van der Waals surface area (Å²) in [6.07, 6.45) is 2.28. The fourth-order valence-electron chi connectivity index (χ4n) is 2.36. The number of aryl methyl sites for hydroxylation is 1. The minimum Gasteiger partial charge on any atom is -0.399 e. The van der Waals surface area contributed by atoms with E-state index in [2.05, 4.69) is 10.2 Å². The summed E-state index contributed by atoms with van der Waals surface area (Å²) >= 11 is 0. The van der Waals surface area contributed by atoms with Gasteiger partial charge >= 0.3 is 6.03 Å². The Hall–Kier alpha value is -2.24. The number of nitrogens with zero attached hydrogens (tertiary/aromatic N) is 1. The number of nitrogen functional groups attached to an aromatic ring is 1. The highest BCUT2D eigenvalue weighted by Crippen LogP contribution is 2.28. The highest BCUT2D eigenvalue weighted by atomic mass is 16.2. The number of primary amides is 1. The van der Waals surface area contributed by atoms with Crippen LogP contribution in [0.4, 0.5) is 16.2 Å². The van der Waals surface area contributed by atoms with Crippen LogP contribution >= 0.6 is 0 Å². The molecule has 2 rings (SSSR count). The van der Waals surface area contributed by atoms with Crippen molar-refractivity contribution in [2.24, 2.45) is 5.73 Å². The van der Waals surface area contributed by atoms with Crippen LogP contribution in [0.3, 0.4) is 0 Å². The number of nitrogens with one attached hydrogen (secondary N) is 1. The number of anilines is 2. The van der Waals surface area contributed by atoms with Crippen LogP contribution in [-0.4, -0.2) is 25.0 Å². The lowest BCUT2D eigenvalue weighted by Crippen LogP contribution is -2.38. The van der Waals surface area contributed by atoms with Gasteiger partial charge in [-0.15, -0.1) is 0 Å². The summed E-state index contributed by atoms with van der Waals surface area (Å²) < 4.78 is 0. The number of carbonyl (C=O) groups excluding carboxylic acids is 2. The third-order valence-electron chi connectivity index (χ3n) is 3.19. The Morgan fingerprint density at radius 2 is 2.16 bits per heavy atom. The third-order valence-corrected chi connectivity index (χ3v) is 3.19.